The number of aldehydes is 1. The molecule has 0 fully saturated rings. The number of likely N-dealkylation sites (N-methyl/N-ethyl adjacent to an activating group) is 1. The van der Waals surface area contributed by atoms with Crippen molar-refractivity contribution in [2.75, 3.05) is 18.1 Å². The van der Waals surface area contributed by atoms with Crippen molar-refractivity contribution in [3.63, 3.8) is 0 Å². The number of fused-ring (bicyclic) bond motifs is 1. The smallest absolute Gasteiger partial charge is 0.264 e. The molecule has 0 aliphatic carbocycles. The van der Waals surface area contributed by atoms with Gasteiger partial charge in [-0.25, -0.2) is 0 Å². The zero-order valence-corrected chi connectivity index (χ0v) is 14.0. The number of carbonyl (C=O) groups is 2. The third-order valence-corrected chi connectivity index (χ3v) is 4.03. The number of amides is 1. The summed E-state index contributed by atoms with van der Waals surface area (Å²) in [6.07, 6.45) is 0.753. The highest BCUT2D eigenvalue weighted by Gasteiger charge is 2.16. The Kier molecular flexibility index (Phi) is 5.09. The summed E-state index contributed by atoms with van der Waals surface area (Å²) in [6, 6.07) is 20.7. The van der Waals surface area contributed by atoms with Crippen molar-refractivity contribution in [2.24, 2.45) is 0 Å². The summed E-state index contributed by atoms with van der Waals surface area (Å²) in [4.78, 5) is 25.2. The van der Waals surface area contributed by atoms with Crippen LogP contribution in [0.2, 0.25) is 0 Å². The van der Waals surface area contributed by atoms with Gasteiger partial charge in [-0.1, -0.05) is 48.5 Å². The number of hydrogen-bond donors (Lipinski definition) is 0. The molecule has 0 aromatic heterocycles. The van der Waals surface area contributed by atoms with Crippen molar-refractivity contribution < 1.29 is 14.3 Å². The minimum Gasteiger partial charge on any atom is -0.484 e. The lowest BCUT2D eigenvalue weighted by molar-refractivity contribution is -0.120. The molecule has 3 aromatic carbocycles. The Morgan fingerprint density at radius 3 is 2.60 bits per heavy atom. The summed E-state index contributed by atoms with van der Waals surface area (Å²) >= 11 is 0. The van der Waals surface area contributed by atoms with Crippen LogP contribution >= 0.6 is 0 Å². The number of ether oxygens (including phenoxy) is 1. The topological polar surface area (TPSA) is 46.6 Å². The Hall–Kier alpha value is -3.14. The molecule has 4 heteroatoms. The molecule has 0 unspecified atom stereocenters. The average molecular weight is 333 g/mol. The van der Waals surface area contributed by atoms with Gasteiger partial charge >= 0.3 is 0 Å². The molecule has 126 valence electrons. The van der Waals surface area contributed by atoms with Crippen molar-refractivity contribution in [3.8, 4) is 5.75 Å². The number of rotatable bonds is 6. The molecule has 0 saturated carbocycles. The molecular formula is C21H19NO3. The number of benzene rings is 3. The molecule has 1 amide bonds. The number of carbonyl (C=O) groups excluding carboxylic acids is 2. The molecule has 0 atom stereocenters. The fraction of sp³-hybridized carbons (Fsp3) is 0.143. The second kappa shape index (κ2) is 7.62. The van der Waals surface area contributed by atoms with E-state index in [1.807, 2.05) is 49.4 Å². The van der Waals surface area contributed by atoms with Crippen LogP contribution in [0.4, 0.5) is 5.69 Å². The van der Waals surface area contributed by atoms with Gasteiger partial charge < -0.3 is 9.64 Å². The summed E-state index contributed by atoms with van der Waals surface area (Å²) < 4.78 is 5.58. The van der Waals surface area contributed by atoms with Gasteiger partial charge in [0.2, 0.25) is 0 Å². The minimum absolute atomic E-state index is 0.0840. The van der Waals surface area contributed by atoms with Crippen LogP contribution in [-0.4, -0.2) is 25.3 Å². The quantitative estimate of drug-likeness (QED) is 0.639. The number of hydrogen-bond acceptors (Lipinski definition) is 3. The first-order chi connectivity index (χ1) is 12.2. The van der Waals surface area contributed by atoms with Gasteiger partial charge in [0.1, 0.15) is 12.0 Å². The lowest BCUT2D eigenvalue weighted by atomic mass is 10.1. The van der Waals surface area contributed by atoms with Crippen LogP contribution in [-0.2, 0) is 4.79 Å². The predicted octanol–water partition coefficient (Wildman–Crippen LogP) is 4.08. The fourth-order valence-electron chi connectivity index (χ4n) is 2.83. The van der Waals surface area contributed by atoms with Gasteiger partial charge in [0.25, 0.3) is 5.91 Å². The van der Waals surface area contributed by atoms with Crippen molar-refractivity contribution >= 4 is 28.7 Å². The standard InChI is InChI=1S/C21H19NO3/c1-2-22(20-12-6-9-17-8-3-4-11-19(17)20)21(24)15-25-18-10-5-7-16(13-18)14-23/h3-14H,2,15H2,1H3. The normalized spacial score (nSPS) is 10.4. The first kappa shape index (κ1) is 16.7. The van der Waals surface area contributed by atoms with Crippen LogP contribution in [0.15, 0.2) is 66.7 Å². The van der Waals surface area contributed by atoms with E-state index in [1.165, 1.54) is 0 Å². The van der Waals surface area contributed by atoms with Crippen molar-refractivity contribution in [1.82, 2.24) is 0 Å². The molecule has 0 aliphatic heterocycles. The van der Waals surface area contributed by atoms with Crippen LogP contribution in [0.5, 0.6) is 5.75 Å². The molecule has 3 rings (SSSR count). The van der Waals surface area contributed by atoms with E-state index in [0.29, 0.717) is 17.9 Å². The molecule has 0 radical (unpaired) electrons. The highest BCUT2D eigenvalue weighted by molar-refractivity contribution is 6.04. The van der Waals surface area contributed by atoms with Gasteiger partial charge in [-0.2, -0.15) is 0 Å². The van der Waals surface area contributed by atoms with Crippen LogP contribution in [0, 0.1) is 0 Å². The highest BCUT2D eigenvalue weighted by atomic mass is 16.5. The lowest BCUT2D eigenvalue weighted by Gasteiger charge is -2.23. The summed E-state index contributed by atoms with van der Waals surface area (Å²) in [5.41, 5.74) is 1.39. The molecule has 0 heterocycles. The first-order valence-electron chi connectivity index (χ1n) is 8.19. The van der Waals surface area contributed by atoms with Gasteiger partial charge in [-0.3, -0.25) is 9.59 Å². The fourth-order valence-corrected chi connectivity index (χ4v) is 2.83. The maximum Gasteiger partial charge on any atom is 0.264 e. The van der Waals surface area contributed by atoms with Crippen LogP contribution in [0.25, 0.3) is 10.8 Å². The molecule has 0 N–H and O–H groups in total. The summed E-state index contributed by atoms with van der Waals surface area (Å²) in [7, 11) is 0. The first-order valence-corrected chi connectivity index (χ1v) is 8.19. The monoisotopic (exact) mass is 333 g/mol. The van der Waals surface area contributed by atoms with Gasteiger partial charge in [0, 0.05) is 17.5 Å². The maximum absolute atomic E-state index is 12.7. The Morgan fingerprint density at radius 1 is 1.04 bits per heavy atom. The molecule has 0 bridgehead atoms. The average Bonchev–Trinajstić information content (AvgIpc) is 2.67. The van der Waals surface area contributed by atoms with E-state index in [-0.39, 0.29) is 12.5 Å². The maximum atomic E-state index is 12.7. The van der Waals surface area contributed by atoms with Gasteiger partial charge in [0.05, 0.1) is 5.69 Å². The summed E-state index contributed by atoms with van der Waals surface area (Å²) in [5.74, 6) is 0.377. The van der Waals surface area contributed by atoms with E-state index in [9.17, 15) is 9.59 Å². The number of anilines is 1. The van der Waals surface area contributed by atoms with Crippen LogP contribution in [0.1, 0.15) is 17.3 Å². The van der Waals surface area contributed by atoms with Crippen molar-refractivity contribution in [1.29, 1.82) is 0 Å². The Morgan fingerprint density at radius 2 is 1.80 bits per heavy atom. The second-order valence-corrected chi connectivity index (χ2v) is 5.62. The van der Waals surface area contributed by atoms with Gasteiger partial charge in [-0.05, 0) is 30.5 Å². The van der Waals surface area contributed by atoms with E-state index in [2.05, 4.69) is 0 Å². The van der Waals surface area contributed by atoms with E-state index in [0.717, 1.165) is 22.7 Å². The van der Waals surface area contributed by atoms with E-state index in [1.54, 1.807) is 29.2 Å². The second-order valence-electron chi connectivity index (χ2n) is 5.62. The summed E-state index contributed by atoms with van der Waals surface area (Å²) in [6.45, 7) is 2.40. The van der Waals surface area contributed by atoms with Gasteiger partial charge in [-0.15, -0.1) is 0 Å². The molecule has 0 saturated heterocycles. The molecular weight excluding hydrogens is 314 g/mol. The van der Waals surface area contributed by atoms with Crippen LogP contribution in [0.3, 0.4) is 0 Å². The third-order valence-electron chi connectivity index (χ3n) is 4.03. The van der Waals surface area contributed by atoms with Crippen LogP contribution < -0.4 is 9.64 Å². The minimum atomic E-state index is -0.129. The zero-order chi connectivity index (χ0) is 17.6. The van der Waals surface area contributed by atoms with Crippen molar-refractivity contribution in [3.05, 3.63) is 72.3 Å². The zero-order valence-electron chi connectivity index (χ0n) is 14.0. The number of nitrogens with zero attached hydrogens (tertiary/aromatic N) is 1. The molecule has 3 aromatic rings. The predicted molar refractivity (Wildman–Crippen MR) is 99.3 cm³/mol. The summed E-state index contributed by atoms with van der Waals surface area (Å²) in [5, 5.41) is 2.12. The molecule has 25 heavy (non-hydrogen) atoms. The largest absolute Gasteiger partial charge is 0.484 e. The van der Waals surface area contributed by atoms with Crippen molar-refractivity contribution in [2.45, 2.75) is 6.92 Å². The SMILES string of the molecule is CCN(C(=O)COc1cccc(C=O)c1)c1cccc2ccccc12. The van der Waals surface area contributed by atoms with E-state index < -0.39 is 0 Å². The molecule has 0 aliphatic rings. The van der Waals surface area contributed by atoms with Gasteiger partial charge in [0.15, 0.2) is 6.61 Å². The van der Waals surface area contributed by atoms with E-state index in [4.69, 9.17) is 4.74 Å². The molecule has 4 nitrogen and oxygen atoms in total. The highest BCUT2D eigenvalue weighted by Crippen LogP contribution is 2.26. The molecule has 0 spiro atoms. The lowest BCUT2D eigenvalue weighted by Crippen LogP contribution is -2.34. The Bertz CT molecular complexity index is 899. The Balaban J connectivity index is 1.80. The Labute approximate surface area is 146 Å². The van der Waals surface area contributed by atoms with E-state index >= 15 is 0 Å². The third kappa shape index (κ3) is 3.69.